The zero-order valence-electron chi connectivity index (χ0n) is 17.1. The third kappa shape index (κ3) is 6.50. The number of rotatable bonds is 8. The van der Waals surface area contributed by atoms with Crippen molar-refractivity contribution in [2.45, 2.75) is 50.2 Å². The van der Waals surface area contributed by atoms with Gasteiger partial charge in [-0.25, -0.2) is 8.42 Å². The average molecular weight is 409 g/mol. The number of sulfonamides is 1. The highest BCUT2D eigenvalue weighted by Gasteiger charge is 2.36. The van der Waals surface area contributed by atoms with Crippen LogP contribution >= 0.6 is 0 Å². The van der Waals surface area contributed by atoms with Gasteiger partial charge in [0.2, 0.25) is 10.0 Å². The Balaban J connectivity index is 2.89. The average Bonchev–Trinajstić information content (AvgIpc) is 2.56. The quantitative estimate of drug-likeness (QED) is 0.307. The molecule has 0 aliphatic carbocycles. The van der Waals surface area contributed by atoms with Crippen LogP contribution in [0.2, 0.25) is 18.1 Å². The van der Waals surface area contributed by atoms with Crippen LogP contribution in [0.25, 0.3) is 0 Å². The van der Waals surface area contributed by atoms with Crippen LogP contribution in [-0.2, 0) is 14.4 Å². The van der Waals surface area contributed by atoms with E-state index in [1.54, 1.807) is 24.3 Å². The van der Waals surface area contributed by atoms with E-state index in [-0.39, 0.29) is 22.2 Å². The second kappa shape index (κ2) is 9.56. The van der Waals surface area contributed by atoms with Gasteiger partial charge in [-0.3, -0.25) is 0 Å². The topological polar surface area (TPSA) is 72.6 Å². The molecule has 1 rings (SSSR count). The standard InChI is InChI=1S/C20H32N2O3SSi/c1-7-8-15-22(26(23,24)19-14-10-9-13-18(19)21)16-11-12-17-25-27(5,6)20(2,3)4/h7,9-10,13-14H,1,8,15-17,21H2,2-6H3. The van der Waals surface area contributed by atoms with Gasteiger partial charge in [0.1, 0.15) is 4.90 Å². The molecule has 0 unspecified atom stereocenters. The number of para-hydroxylation sites is 1. The van der Waals surface area contributed by atoms with E-state index in [1.807, 2.05) is 0 Å². The first-order chi connectivity index (χ1) is 12.4. The Morgan fingerprint density at radius 1 is 1.26 bits per heavy atom. The summed E-state index contributed by atoms with van der Waals surface area (Å²) in [7, 11) is -5.58. The first-order valence-electron chi connectivity index (χ1n) is 8.98. The molecule has 2 N–H and O–H groups in total. The lowest BCUT2D eigenvalue weighted by Gasteiger charge is -2.35. The third-order valence-corrected chi connectivity index (χ3v) is 11.2. The molecule has 27 heavy (non-hydrogen) atoms. The van der Waals surface area contributed by atoms with Gasteiger partial charge in [-0.15, -0.1) is 6.58 Å². The Morgan fingerprint density at radius 3 is 2.44 bits per heavy atom. The number of anilines is 1. The second-order valence-corrected chi connectivity index (χ2v) is 14.6. The number of nitrogen functional groups attached to an aromatic ring is 1. The highest BCUT2D eigenvalue weighted by atomic mass is 32.2. The number of benzene rings is 1. The Kier molecular flexibility index (Phi) is 8.30. The lowest BCUT2D eigenvalue weighted by molar-refractivity contribution is 0.334. The summed E-state index contributed by atoms with van der Waals surface area (Å²) in [4.78, 5) is 0.105. The van der Waals surface area contributed by atoms with Crippen LogP contribution in [0.4, 0.5) is 5.69 Å². The lowest BCUT2D eigenvalue weighted by Crippen LogP contribution is -2.40. The molecule has 0 bridgehead atoms. The number of hydrogen-bond donors (Lipinski definition) is 1. The van der Waals surface area contributed by atoms with Crippen molar-refractivity contribution in [3.63, 3.8) is 0 Å². The molecule has 0 aliphatic rings. The fourth-order valence-corrected chi connectivity index (χ4v) is 4.34. The number of nitrogens with two attached hydrogens (primary N) is 1. The summed E-state index contributed by atoms with van der Waals surface area (Å²) >= 11 is 0. The van der Waals surface area contributed by atoms with E-state index in [1.165, 1.54) is 10.4 Å². The molecule has 5 nitrogen and oxygen atoms in total. The first kappa shape index (κ1) is 23.4. The Bertz CT molecular complexity index is 802. The molecule has 0 fully saturated rings. The van der Waals surface area contributed by atoms with Gasteiger partial charge in [-0.2, -0.15) is 4.31 Å². The van der Waals surface area contributed by atoms with Gasteiger partial charge in [0, 0.05) is 6.54 Å². The zero-order chi connectivity index (χ0) is 20.7. The van der Waals surface area contributed by atoms with Crippen molar-refractivity contribution in [1.82, 2.24) is 4.31 Å². The van der Waals surface area contributed by atoms with E-state index >= 15 is 0 Å². The van der Waals surface area contributed by atoms with Gasteiger partial charge in [0.25, 0.3) is 0 Å². The molecule has 0 amide bonds. The molecule has 1 aromatic rings. The van der Waals surface area contributed by atoms with Crippen LogP contribution in [0.1, 0.15) is 27.2 Å². The normalized spacial score (nSPS) is 12.5. The predicted molar refractivity (Wildman–Crippen MR) is 115 cm³/mol. The Hall–Kier alpha value is -1.59. The molecule has 0 atom stereocenters. The van der Waals surface area contributed by atoms with Gasteiger partial charge < -0.3 is 10.2 Å². The SMILES string of the molecule is C=CCCN(CC#CCO[Si](C)(C)C(C)(C)C)S(=O)(=O)c1ccccc1N. The fourth-order valence-electron chi connectivity index (χ4n) is 2.00. The molecule has 0 aliphatic heterocycles. The molecule has 0 spiro atoms. The van der Waals surface area contributed by atoms with Crippen LogP contribution in [0.15, 0.2) is 41.8 Å². The van der Waals surface area contributed by atoms with Crippen LogP contribution in [-0.4, -0.2) is 40.7 Å². The van der Waals surface area contributed by atoms with Gasteiger partial charge in [0.15, 0.2) is 8.32 Å². The van der Waals surface area contributed by atoms with Gasteiger partial charge in [-0.1, -0.05) is 50.8 Å². The Labute approximate surface area is 165 Å². The van der Waals surface area contributed by atoms with Crippen molar-refractivity contribution < 1.29 is 12.8 Å². The van der Waals surface area contributed by atoms with Crippen molar-refractivity contribution in [3.05, 3.63) is 36.9 Å². The minimum atomic E-state index is -3.72. The lowest BCUT2D eigenvalue weighted by atomic mass is 10.2. The summed E-state index contributed by atoms with van der Waals surface area (Å²) in [6, 6.07) is 6.46. The van der Waals surface area contributed by atoms with Gasteiger partial charge in [-0.05, 0) is 36.7 Å². The minimum Gasteiger partial charge on any atom is -0.406 e. The highest BCUT2D eigenvalue weighted by molar-refractivity contribution is 7.89. The molecular weight excluding hydrogens is 376 g/mol. The highest BCUT2D eigenvalue weighted by Crippen LogP contribution is 2.36. The summed E-state index contributed by atoms with van der Waals surface area (Å²) in [6.07, 6.45) is 2.22. The summed E-state index contributed by atoms with van der Waals surface area (Å²) in [5.41, 5.74) is 6.09. The summed E-state index contributed by atoms with van der Waals surface area (Å²) in [5, 5.41) is 0.110. The molecule has 7 heteroatoms. The largest absolute Gasteiger partial charge is 0.406 e. The second-order valence-electron chi connectivity index (χ2n) is 7.86. The Morgan fingerprint density at radius 2 is 1.89 bits per heavy atom. The third-order valence-electron chi connectivity index (χ3n) is 4.81. The van der Waals surface area contributed by atoms with Crippen molar-refractivity contribution in [3.8, 4) is 11.8 Å². The van der Waals surface area contributed by atoms with Crippen LogP contribution in [0, 0.1) is 11.8 Å². The van der Waals surface area contributed by atoms with E-state index < -0.39 is 18.3 Å². The van der Waals surface area contributed by atoms with Crippen molar-refractivity contribution in [1.29, 1.82) is 0 Å². The molecule has 150 valence electrons. The van der Waals surface area contributed by atoms with Crippen LogP contribution in [0.3, 0.4) is 0 Å². The summed E-state index contributed by atoms with van der Waals surface area (Å²) in [6.45, 7) is 15.2. The summed E-state index contributed by atoms with van der Waals surface area (Å²) < 4.78 is 33.2. The summed E-state index contributed by atoms with van der Waals surface area (Å²) in [5.74, 6) is 5.89. The van der Waals surface area contributed by atoms with Gasteiger partial charge in [0.05, 0.1) is 18.8 Å². The smallest absolute Gasteiger partial charge is 0.246 e. The molecule has 1 aromatic carbocycles. The van der Waals surface area contributed by atoms with E-state index in [9.17, 15) is 8.42 Å². The zero-order valence-corrected chi connectivity index (χ0v) is 18.9. The maximum absolute atomic E-state index is 12.9. The van der Waals surface area contributed by atoms with Crippen molar-refractivity contribution >= 4 is 24.0 Å². The van der Waals surface area contributed by atoms with Crippen molar-refractivity contribution in [2.75, 3.05) is 25.4 Å². The molecular formula is C20H32N2O3SSi. The minimum absolute atomic E-state index is 0.0887. The monoisotopic (exact) mass is 408 g/mol. The van der Waals surface area contributed by atoms with Crippen LogP contribution < -0.4 is 5.73 Å². The van der Waals surface area contributed by atoms with E-state index in [0.717, 1.165) is 0 Å². The van der Waals surface area contributed by atoms with E-state index in [2.05, 4.69) is 52.3 Å². The van der Waals surface area contributed by atoms with Gasteiger partial charge >= 0.3 is 0 Å². The fraction of sp³-hybridized carbons (Fsp3) is 0.500. The van der Waals surface area contributed by atoms with Crippen molar-refractivity contribution in [2.24, 2.45) is 0 Å². The maximum atomic E-state index is 12.9. The molecule has 0 saturated carbocycles. The molecule has 0 heterocycles. The van der Waals surface area contributed by atoms with E-state index in [4.69, 9.17) is 10.2 Å². The predicted octanol–water partition coefficient (Wildman–Crippen LogP) is 3.86. The maximum Gasteiger partial charge on any atom is 0.246 e. The number of nitrogens with zero attached hydrogens (tertiary/aromatic N) is 1. The number of hydrogen-bond acceptors (Lipinski definition) is 4. The first-order valence-corrected chi connectivity index (χ1v) is 13.3. The molecule has 0 saturated heterocycles. The van der Waals surface area contributed by atoms with E-state index in [0.29, 0.717) is 19.6 Å². The molecule has 0 aromatic heterocycles. The molecule has 0 radical (unpaired) electrons. The van der Waals surface area contributed by atoms with Crippen LogP contribution in [0.5, 0.6) is 0 Å².